The van der Waals surface area contributed by atoms with Crippen molar-refractivity contribution in [1.29, 1.82) is 0 Å². The first-order valence-corrected chi connectivity index (χ1v) is 9.39. The zero-order valence-electron chi connectivity index (χ0n) is 14.8. The van der Waals surface area contributed by atoms with Gasteiger partial charge in [0.1, 0.15) is 17.6 Å². The molecule has 1 amide bonds. The van der Waals surface area contributed by atoms with E-state index in [2.05, 4.69) is 15.5 Å². The number of nitrogens with zero attached hydrogens (tertiary/aromatic N) is 5. The van der Waals surface area contributed by atoms with E-state index in [0.29, 0.717) is 24.8 Å². The SMILES string of the molecule is CCN(CC)C(=O)C(Sc1nnnn1Cc1ccco1)c1ccccc1. The molecule has 1 aromatic carbocycles. The van der Waals surface area contributed by atoms with Gasteiger partial charge in [0.25, 0.3) is 0 Å². The molecule has 0 fully saturated rings. The molecule has 2 heterocycles. The number of tetrazole rings is 1. The van der Waals surface area contributed by atoms with Gasteiger partial charge in [-0.2, -0.15) is 0 Å². The van der Waals surface area contributed by atoms with E-state index < -0.39 is 5.25 Å². The van der Waals surface area contributed by atoms with E-state index in [9.17, 15) is 4.79 Å². The molecule has 136 valence electrons. The van der Waals surface area contributed by atoms with Crippen molar-refractivity contribution in [3.63, 3.8) is 0 Å². The van der Waals surface area contributed by atoms with Gasteiger partial charge >= 0.3 is 0 Å². The van der Waals surface area contributed by atoms with Crippen LogP contribution >= 0.6 is 11.8 Å². The van der Waals surface area contributed by atoms with E-state index in [1.807, 2.05) is 61.2 Å². The number of carbonyl (C=O) groups excluding carboxylic acids is 1. The Labute approximate surface area is 156 Å². The highest BCUT2D eigenvalue weighted by molar-refractivity contribution is 8.00. The molecule has 0 saturated heterocycles. The normalized spacial score (nSPS) is 12.1. The largest absolute Gasteiger partial charge is 0.467 e. The molecule has 3 rings (SSSR count). The van der Waals surface area contributed by atoms with Crippen LogP contribution in [-0.4, -0.2) is 44.1 Å². The second-order valence-corrected chi connectivity index (χ2v) is 6.69. The first-order valence-electron chi connectivity index (χ1n) is 8.51. The molecule has 26 heavy (non-hydrogen) atoms. The molecular formula is C18H21N5O2S. The molecule has 0 N–H and O–H groups in total. The summed E-state index contributed by atoms with van der Waals surface area (Å²) in [6.07, 6.45) is 1.61. The number of hydrogen-bond donors (Lipinski definition) is 0. The van der Waals surface area contributed by atoms with E-state index in [-0.39, 0.29) is 5.91 Å². The molecular weight excluding hydrogens is 350 g/mol. The smallest absolute Gasteiger partial charge is 0.240 e. The molecule has 0 aliphatic rings. The lowest BCUT2D eigenvalue weighted by atomic mass is 10.1. The van der Waals surface area contributed by atoms with Crippen LogP contribution in [0.25, 0.3) is 0 Å². The van der Waals surface area contributed by atoms with Gasteiger partial charge in [0, 0.05) is 13.1 Å². The highest BCUT2D eigenvalue weighted by Crippen LogP contribution is 2.35. The van der Waals surface area contributed by atoms with Gasteiger partial charge in [-0.3, -0.25) is 4.79 Å². The number of amides is 1. The summed E-state index contributed by atoms with van der Waals surface area (Å²) in [6, 6.07) is 13.4. The van der Waals surface area contributed by atoms with E-state index in [1.165, 1.54) is 11.8 Å². The van der Waals surface area contributed by atoms with Crippen molar-refractivity contribution in [3.05, 3.63) is 60.1 Å². The zero-order chi connectivity index (χ0) is 18.4. The quantitative estimate of drug-likeness (QED) is 0.567. The summed E-state index contributed by atoms with van der Waals surface area (Å²) < 4.78 is 7.02. The summed E-state index contributed by atoms with van der Waals surface area (Å²) in [4.78, 5) is 14.9. The first kappa shape index (κ1) is 18.2. The molecule has 0 aliphatic carbocycles. The third-order valence-corrected chi connectivity index (χ3v) is 5.22. The number of aromatic nitrogens is 4. The van der Waals surface area contributed by atoms with Gasteiger partial charge in [-0.25, -0.2) is 4.68 Å². The summed E-state index contributed by atoms with van der Waals surface area (Å²) in [7, 11) is 0. The maximum absolute atomic E-state index is 13.1. The molecule has 0 radical (unpaired) electrons. The van der Waals surface area contributed by atoms with Gasteiger partial charge in [0.15, 0.2) is 0 Å². The molecule has 8 heteroatoms. The fourth-order valence-corrected chi connectivity index (χ4v) is 3.69. The van der Waals surface area contributed by atoms with E-state index in [1.54, 1.807) is 10.9 Å². The molecule has 0 saturated carbocycles. The fraction of sp³-hybridized carbons (Fsp3) is 0.333. The lowest BCUT2D eigenvalue weighted by molar-refractivity contribution is -0.130. The summed E-state index contributed by atoms with van der Waals surface area (Å²) in [6.45, 7) is 5.71. The molecule has 1 unspecified atom stereocenters. The number of hydrogen-bond acceptors (Lipinski definition) is 6. The predicted molar refractivity (Wildman–Crippen MR) is 98.6 cm³/mol. The minimum atomic E-state index is -0.405. The molecule has 0 spiro atoms. The second kappa shape index (κ2) is 8.66. The molecule has 1 atom stereocenters. The van der Waals surface area contributed by atoms with Gasteiger partial charge in [0.2, 0.25) is 11.1 Å². The minimum absolute atomic E-state index is 0.0544. The zero-order valence-corrected chi connectivity index (χ0v) is 15.6. The maximum Gasteiger partial charge on any atom is 0.240 e. The van der Waals surface area contributed by atoms with Crippen LogP contribution in [0.15, 0.2) is 58.3 Å². The van der Waals surface area contributed by atoms with Crippen LogP contribution in [-0.2, 0) is 11.3 Å². The number of carbonyl (C=O) groups is 1. The summed E-state index contributed by atoms with van der Waals surface area (Å²) in [5, 5.41) is 12.1. The number of rotatable bonds is 8. The third kappa shape index (κ3) is 4.13. The average Bonchev–Trinajstić information content (AvgIpc) is 3.34. The van der Waals surface area contributed by atoms with Gasteiger partial charge in [-0.05, 0) is 42.0 Å². The topological polar surface area (TPSA) is 77.1 Å². The van der Waals surface area contributed by atoms with Crippen LogP contribution in [0.3, 0.4) is 0 Å². The van der Waals surface area contributed by atoms with Crippen molar-refractivity contribution in [2.24, 2.45) is 0 Å². The van der Waals surface area contributed by atoms with Gasteiger partial charge in [-0.15, -0.1) is 5.10 Å². The Kier molecular flexibility index (Phi) is 6.06. The Morgan fingerprint density at radius 2 is 1.96 bits per heavy atom. The third-order valence-electron chi connectivity index (χ3n) is 4.01. The standard InChI is InChI=1S/C18H21N5O2S/c1-3-22(4-2)17(24)16(14-9-6-5-7-10-14)26-18-19-20-21-23(18)13-15-11-8-12-25-15/h5-12,16H,3-4,13H2,1-2H3. The molecule has 2 aromatic heterocycles. The Hall–Kier alpha value is -2.61. The van der Waals surface area contributed by atoms with Gasteiger partial charge in [0.05, 0.1) is 6.26 Å². The lowest BCUT2D eigenvalue weighted by Crippen LogP contribution is -2.34. The highest BCUT2D eigenvalue weighted by Gasteiger charge is 2.28. The lowest BCUT2D eigenvalue weighted by Gasteiger charge is -2.24. The Bertz CT molecular complexity index is 815. The number of thioether (sulfide) groups is 1. The molecule has 0 aliphatic heterocycles. The first-order chi connectivity index (χ1) is 12.7. The van der Waals surface area contributed by atoms with Crippen molar-refractivity contribution >= 4 is 17.7 Å². The van der Waals surface area contributed by atoms with Crippen LogP contribution in [0.1, 0.15) is 30.4 Å². The van der Waals surface area contributed by atoms with Crippen molar-refractivity contribution in [3.8, 4) is 0 Å². The fourth-order valence-electron chi connectivity index (χ4n) is 2.63. The second-order valence-electron chi connectivity index (χ2n) is 5.62. The van der Waals surface area contributed by atoms with Crippen molar-refractivity contribution in [2.75, 3.05) is 13.1 Å². The Morgan fingerprint density at radius 1 is 1.19 bits per heavy atom. The van der Waals surface area contributed by atoms with Crippen LogP contribution in [0.5, 0.6) is 0 Å². The van der Waals surface area contributed by atoms with Crippen LogP contribution < -0.4 is 0 Å². The number of likely N-dealkylation sites (N-methyl/N-ethyl adjacent to an activating group) is 1. The average molecular weight is 371 g/mol. The number of furan rings is 1. The molecule has 3 aromatic rings. The van der Waals surface area contributed by atoms with Gasteiger partial charge in [-0.1, -0.05) is 42.1 Å². The van der Waals surface area contributed by atoms with E-state index in [0.717, 1.165) is 11.3 Å². The van der Waals surface area contributed by atoms with Crippen molar-refractivity contribution in [2.45, 2.75) is 30.8 Å². The monoisotopic (exact) mass is 371 g/mol. The maximum atomic E-state index is 13.1. The summed E-state index contributed by atoms with van der Waals surface area (Å²) in [5.41, 5.74) is 0.932. The van der Waals surface area contributed by atoms with Crippen LogP contribution in [0.2, 0.25) is 0 Å². The molecule has 7 nitrogen and oxygen atoms in total. The highest BCUT2D eigenvalue weighted by atomic mass is 32.2. The predicted octanol–water partition coefficient (Wildman–Crippen LogP) is 3.02. The van der Waals surface area contributed by atoms with Crippen LogP contribution in [0, 0.1) is 0 Å². The van der Waals surface area contributed by atoms with Crippen molar-refractivity contribution < 1.29 is 9.21 Å². The number of benzene rings is 1. The summed E-state index contributed by atoms with van der Waals surface area (Å²) in [5.74, 6) is 0.809. The van der Waals surface area contributed by atoms with E-state index >= 15 is 0 Å². The van der Waals surface area contributed by atoms with E-state index in [4.69, 9.17) is 4.42 Å². The van der Waals surface area contributed by atoms with Crippen molar-refractivity contribution in [1.82, 2.24) is 25.1 Å². The summed E-state index contributed by atoms with van der Waals surface area (Å²) >= 11 is 1.36. The van der Waals surface area contributed by atoms with Crippen LogP contribution in [0.4, 0.5) is 0 Å². The molecule has 0 bridgehead atoms. The Balaban J connectivity index is 1.87. The Morgan fingerprint density at radius 3 is 2.62 bits per heavy atom. The van der Waals surface area contributed by atoms with Gasteiger partial charge < -0.3 is 9.32 Å². The minimum Gasteiger partial charge on any atom is -0.467 e.